The number of aliphatic hydroxyl groups is 1. The molecule has 4 atom stereocenters. The third-order valence-electron chi connectivity index (χ3n) is 7.06. The van der Waals surface area contributed by atoms with Gasteiger partial charge in [0.1, 0.15) is 25.1 Å². The summed E-state index contributed by atoms with van der Waals surface area (Å²) in [5.74, 6) is 1.08. The molecule has 0 saturated carbocycles. The number of halogens is 4. The molecule has 0 amide bonds. The molecule has 1 N–H and O–H groups in total. The minimum atomic E-state index is -1.60. The standard InChI is InChI=1S/C30H36Cl2F2N2OSi/c1-29(2,3)17-26-30(19-35,22-13-12-20(31)16-24(22)33)27(21-10-9-11-23(32)28(21)34)25(18-37)36(26)14-7-8-15-38(4,5)6/h9-13,16,25-27,37H,7,14,17-18H2,1-6H3/t25-,26-,27-,30-/m0/s1. The lowest BCUT2D eigenvalue weighted by Gasteiger charge is -2.39. The summed E-state index contributed by atoms with van der Waals surface area (Å²) in [6.07, 6.45) is 1.01. The van der Waals surface area contributed by atoms with Gasteiger partial charge in [0.2, 0.25) is 0 Å². The predicted octanol–water partition coefficient (Wildman–Crippen LogP) is 7.57. The molecule has 0 radical (unpaired) electrons. The number of benzene rings is 2. The Balaban J connectivity index is 2.34. The molecule has 1 heterocycles. The fourth-order valence-electron chi connectivity index (χ4n) is 5.69. The molecule has 1 fully saturated rings. The van der Waals surface area contributed by atoms with Gasteiger partial charge in [-0.2, -0.15) is 5.26 Å². The lowest BCUT2D eigenvalue weighted by molar-refractivity contribution is 0.102. The maximum absolute atomic E-state index is 15.8. The van der Waals surface area contributed by atoms with Crippen molar-refractivity contribution in [1.29, 1.82) is 5.26 Å². The van der Waals surface area contributed by atoms with Gasteiger partial charge in [-0.05, 0) is 35.6 Å². The van der Waals surface area contributed by atoms with Crippen LogP contribution in [0.5, 0.6) is 0 Å². The number of nitriles is 1. The number of hydrogen-bond acceptors (Lipinski definition) is 3. The molecule has 3 nitrogen and oxygen atoms in total. The fourth-order valence-corrected chi connectivity index (χ4v) is 6.68. The highest BCUT2D eigenvalue weighted by atomic mass is 35.5. The van der Waals surface area contributed by atoms with Crippen molar-refractivity contribution in [3.05, 3.63) is 69.2 Å². The van der Waals surface area contributed by atoms with Crippen LogP contribution in [0.1, 0.15) is 50.7 Å². The molecule has 0 aromatic heterocycles. The van der Waals surface area contributed by atoms with Crippen LogP contribution in [0.3, 0.4) is 0 Å². The van der Waals surface area contributed by atoms with E-state index in [1.54, 1.807) is 18.2 Å². The van der Waals surface area contributed by atoms with Crippen LogP contribution >= 0.6 is 23.2 Å². The lowest BCUT2D eigenvalue weighted by Crippen LogP contribution is -2.47. The number of rotatable bonds is 6. The van der Waals surface area contributed by atoms with Gasteiger partial charge >= 0.3 is 0 Å². The van der Waals surface area contributed by atoms with Crippen molar-refractivity contribution in [2.24, 2.45) is 5.41 Å². The average molecular weight is 578 g/mol. The molecule has 0 bridgehead atoms. The predicted molar refractivity (Wildman–Crippen MR) is 154 cm³/mol. The molecular formula is C30H36Cl2F2N2OSi. The SMILES string of the molecule is CC(C)(C)C[C@@H]1N(CCC#C[Si](C)(C)C)[C@@H](CO)[C@H](c2cccc(Cl)c2F)[C@@]1(C#N)c1ccc(Cl)cc1F. The summed E-state index contributed by atoms with van der Waals surface area (Å²) in [5, 5.41) is 21.9. The van der Waals surface area contributed by atoms with E-state index in [2.05, 4.69) is 57.9 Å². The Hall–Kier alpha value is -1.93. The first-order chi connectivity index (χ1) is 17.7. The number of likely N-dealkylation sites (tertiary alicyclic amines) is 1. The van der Waals surface area contributed by atoms with Gasteiger partial charge in [-0.1, -0.05) is 81.8 Å². The highest BCUT2D eigenvalue weighted by molar-refractivity contribution is 6.83. The Labute approximate surface area is 236 Å². The third kappa shape index (κ3) is 6.27. The van der Waals surface area contributed by atoms with Gasteiger partial charge in [-0.3, -0.25) is 4.90 Å². The van der Waals surface area contributed by atoms with Crippen molar-refractivity contribution in [2.75, 3.05) is 13.2 Å². The molecule has 1 aliphatic heterocycles. The average Bonchev–Trinajstić information content (AvgIpc) is 3.05. The first kappa shape index (κ1) is 30.6. The summed E-state index contributed by atoms with van der Waals surface area (Å²) in [7, 11) is -1.60. The van der Waals surface area contributed by atoms with E-state index < -0.39 is 43.1 Å². The topological polar surface area (TPSA) is 47.3 Å². The number of nitrogens with zero attached hydrogens (tertiary/aromatic N) is 2. The van der Waals surface area contributed by atoms with Crippen molar-refractivity contribution in [2.45, 2.75) is 76.7 Å². The van der Waals surface area contributed by atoms with Crippen LogP contribution in [0.15, 0.2) is 36.4 Å². The zero-order valence-electron chi connectivity index (χ0n) is 22.9. The second-order valence-corrected chi connectivity index (χ2v) is 17.9. The smallest absolute Gasteiger partial charge is 0.145 e. The molecule has 1 saturated heterocycles. The van der Waals surface area contributed by atoms with E-state index in [-0.39, 0.29) is 33.2 Å². The molecular weight excluding hydrogens is 541 g/mol. The molecule has 2 aromatic carbocycles. The van der Waals surface area contributed by atoms with Crippen LogP contribution < -0.4 is 0 Å². The van der Waals surface area contributed by atoms with E-state index in [1.165, 1.54) is 18.2 Å². The second-order valence-electron chi connectivity index (χ2n) is 12.3. The lowest BCUT2D eigenvalue weighted by atomic mass is 9.62. The van der Waals surface area contributed by atoms with Gasteiger partial charge in [-0.15, -0.1) is 11.5 Å². The summed E-state index contributed by atoms with van der Waals surface area (Å²) < 4.78 is 31.4. The normalized spacial score (nSPS) is 24.1. The largest absolute Gasteiger partial charge is 0.395 e. The minimum absolute atomic E-state index is 0.0885. The van der Waals surface area contributed by atoms with Gasteiger partial charge in [0.05, 0.1) is 17.7 Å². The molecule has 0 spiro atoms. The first-order valence-electron chi connectivity index (χ1n) is 12.8. The van der Waals surface area contributed by atoms with Crippen molar-refractivity contribution in [3.8, 4) is 17.5 Å². The van der Waals surface area contributed by atoms with Crippen molar-refractivity contribution in [3.63, 3.8) is 0 Å². The van der Waals surface area contributed by atoms with Crippen LogP contribution in [0.2, 0.25) is 29.7 Å². The molecule has 204 valence electrons. The Bertz CT molecular complexity index is 1270. The molecule has 8 heteroatoms. The highest BCUT2D eigenvalue weighted by Gasteiger charge is 2.62. The molecule has 2 aromatic rings. The Morgan fingerprint density at radius 2 is 1.82 bits per heavy atom. The van der Waals surface area contributed by atoms with E-state index in [0.717, 1.165) is 0 Å². The zero-order valence-corrected chi connectivity index (χ0v) is 25.4. The Morgan fingerprint density at radius 1 is 1.13 bits per heavy atom. The maximum atomic E-state index is 15.8. The summed E-state index contributed by atoms with van der Waals surface area (Å²) in [6.45, 7) is 12.7. The van der Waals surface area contributed by atoms with E-state index in [4.69, 9.17) is 23.2 Å². The zero-order chi connectivity index (χ0) is 28.5. The van der Waals surface area contributed by atoms with Crippen LogP contribution in [-0.4, -0.2) is 43.3 Å². The van der Waals surface area contributed by atoms with Gasteiger partial charge in [-0.25, -0.2) is 8.78 Å². The van der Waals surface area contributed by atoms with E-state index >= 15 is 8.78 Å². The molecule has 3 rings (SSSR count). The van der Waals surface area contributed by atoms with Gasteiger partial charge in [0, 0.05) is 41.6 Å². The van der Waals surface area contributed by atoms with E-state index in [9.17, 15) is 10.4 Å². The van der Waals surface area contributed by atoms with Crippen LogP contribution in [0.25, 0.3) is 0 Å². The minimum Gasteiger partial charge on any atom is -0.395 e. The summed E-state index contributed by atoms with van der Waals surface area (Å²) in [5.41, 5.74) is 1.89. The van der Waals surface area contributed by atoms with E-state index in [1.807, 2.05) is 4.90 Å². The summed E-state index contributed by atoms with van der Waals surface area (Å²) in [6, 6.07) is 10.1. The summed E-state index contributed by atoms with van der Waals surface area (Å²) >= 11 is 12.3. The van der Waals surface area contributed by atoms with Crippen LogP contribution in [0, 0.1) is 39.8 Å². The first-order valence-corrected chi connectivity index (χ1v) is 17.1. The van der Waals surface area contributed by atoms with Crippen molar-refractivity contribution < 1.29 is 13.9 Å². The summed E-state index contributed by atoms with van der Waals surface area (Å²) in [4.78, 5) is 2.05. The monoisotopic (exact) mass is 576 g/mol. The van der Waals surface area contributed by atoms with Gasteiger partial charge in [0.25, 0.3) is 0 Å². The molecule has 1 aliphatic rings. The van der Waals surface area contributed by atoms with Crippen LogP contribution in [0.4, 0.5) is 8.78 Å². The van der Waals surface area contributed by atoms with Crippen molar-refractivity contribution in [1.82, 2.24) is 4.90 Å². The molecule has 0 aliphatic carbocycles. The van der Waals surface area contributed by atoms with E-state index in [0.29, 0.717) is 19.4 Å². The maximum Gasteiger partial charge on any atom is 0.145 e. The third-order valence-corrected chi connectivity index (χ3v) is 8.51. The van der Waals surface area contributed by atoms with Gasteiger partial charge in [0.15, 0.2) is 0 Å². The van der Waals surface area contributed by atoms with Gasteiger partial charge < -0.3 is 5.11 Å². The molecule has 0 unspecified atom stereocenters. The fraction of sp³-hybridized carbons (Fsp3) is 0.500. The number of aliphatic hydroxyl groups excluding tert-OH is 1. The highest BCUT2D eigenvalue weighted by Crippen LogP contribution is 2.56. The number of hydrogen-bond donors (Lipinski definition) is 1. The molecule has 38 heavy (non-hydrogen) atoms. The quantitative estimate of drug-likeness (QED) is 0.285. The Kier molecular flexibility index (Phi) is 9.40. The Morgan fingerprint density at radius 3 is 2.37 bits per heavy atom. The van der Waals surface area contributed by atoms with Crippen LogP contribution in [-0.2, 0) is 5.41 Å². The van der Waals surface area contributed by atoms with Crippen molar-refractivity contribution >= 4 is 31.3 Å². The second kappa shape index (κ2) is 11.7.